The SMILES string of the molecule is CC.CC.CC.CC(C)C(C1CCCCC1)C1CCCCC1.CC(C)CC1CCCCC1. The van der Waals surface area contributed by atoms with Gasteiger partial charge in [0.2, 0.25) is 0 Å². The molecule has 0 bridgehead atoms. The van der Waals surface area contributed by atoms with Gasteiger partial charge in [-0.25, -0.2) is 0 Å². The van der Waals surface area contributed by atoms with Crippen LogP contribution in [0.2, 0.25) is 0 Å². The van der Waals surface area contributed by atoms with Gasteiger partial charge in [-0.05, 0) is 41.9 Å². The lowest BCUT2D eigenvalue weighted by molar-refractivity contribution is 0.102. The molecule has 3 aliphatic rings. The van der Waals surface area contributed by atoms with E-state index in [0.29, 0.717) is 0 Å². The maximum absolute atomic E-state index is 2.48. The molecule has 0 aromatic rings. The molecule has 196 valence electrons. The molecule has 3 aliphatic carbocycles. The maximum atomic E-state index is 2.48. The first-order valence-electron chi connectivity index (χ1n) is 15.6. The molecule has 0 nitrogen and oxygen atoms in total. The van der Waals surface area contributed by atoms with Crippen LogP contribution in [0.1, 0.15) is 172 Å². The van der Waals surface area contributed by atoms with E-state index >= 15 is 0 Å². The first-order chi connectivity index (χ1) is 15.6. The van der Waals surface area contributed by atoms with Crippen molar-refractivity contribution < 1.29 is 0 Å². The van der Waals surface area contributed by atoms with Crippen molar-refractivity contribution >= 4 is 0 Å². The first kappa shape index (κ1) is 34.2. The van der Waals surface area contributed by atoms with E-state index in [1.54, 1.807) is 25.7 Å². The van der Waals surface area contributed by atoms with Gasteiger partial charge < -0.3 is 0 Å². The van der Waals surface area contributed by atoms with Crippen molar-refractivity contribution in [2.75, 3.05) is 0 Å². The predicted octanol–water partition coefficient (Wildman–Crippen LogP) is 12.1. The minimum Gasteiger partial charge on any atom is -0.0683 e. The highest BCUT2D eigenvalue weighted by atomic mass is 14.4. The third kappa shape index (κ3) is 15.8. The van der Waals surface area contributed by atoms with Gasteiger partial charge in [0.15, 0.2) is 0 Å². The van der Waals surface area contributed by atoms with Gasteiger partial charge in [-0.3, -0.25) is 0 Å². The second-order valence-electron chi connectivity index (χ2n) is 10.8. The molecular weight excluding hydrogens is 384 g/mol. The van der Waals surface area contributed by atoms with Crippen LogP contribution < -0.4 is 0 Å². The van der Waals surface area contributed by atoms with Gasteiger partial charge in [0.1, 0.15) is 0 Å². The molecule has 3 fully saturated rings. The Balaban J connectivity index is 0. The molecule has 0 aliphatic heterocycles. The lowest BCUT2D eigenvalue weighted by Crippen LogP contribution is -2.31. The van der Waals surface area contributed by atoms with Gasteiger partial charge in [0, 0.05) is 0 Å². The third-order valence-corrected chi connectivity index (χ3v) is 7.69. The van der Waals surface area contributed by atoms with E-state index in [2.05, 4.69) is 27.7 Å². The number of hydrogen-bond donors (Lipinski definition) is 0. The zero-order chi connectivity index (χ0) is 24.8. The van der Waals surface area contributed by atoms with E-state index in [4.69, 9.17) is 0 Å². The summed E-state index contributed by atoms with van der Waals surface area (Å²) in [5.74, 6) is 6.14. The average molecular weight is 453 g/mol. The third-order valence-electron chi connectivity index (χ3n) is 7.69. The van der Waals surface area contributed by atoms with E-state index in [1.165, 1.54) is 77.0 Å². The van der Waals surface area contributed by atoms with E-state index in [0.717, 1.165) is 35.5 Å². The molecule has 0 aromatic carbocycles. The highest BCUT2D eigenvalue weighted by Gasteiger charge is 2.33. The topological polar surface area (TPSA) is 0 Å². The van der Waals surface area contributed by atoms with E-state index in [9.17, 15) is 0 Å². The quantitative estimate of drug-likeness (QED) is 0.389. The minimum atomic E-state index is 0.920. The molecule has 3 saturated carbocycles. The summed E-state index contributed by atoms with van der Waals surface area (Å²) < 4.78 is 0. The number of hydrogen-bond acceptors (Lipinski definition) is 0. The van der Waals surface area contributed by atoms with Crippen molar-refractivity contribution in [3.8, 4) is 0 Å². The van der Waals surface area contributed by atoms with E-state index in [-0.39, 0.29) is 0 Å². The van der Waals surface area contributed by atoms with Crippen molar-refractivity contribution in [3.63, 3.8) is 0 Å². The summed E-state index contributed by atoms with van der Waals surface area (Å²) in [5.41, 5.74) is 0. The van der Waals surface area contributed by atoms with Gasteiger partial charge in [0.25, 0.3) is 0 Å². The second kappa shape index (κ2) is 24.1. The smallest absolute Gasteiger partial charge is 0.0334 e. The van der Waals surface area contributed by atoms with Crippen LogP contribution in [0, 0.1) is 35.5 Å². The Labute approximate surface area is 207 Å². The van der Waals surface area contributed by atoms with Crippen LogP contribution in [-0.4, -0.2) is 0 Å². The zero-order valence-electron chi connectivity index (χ0n) is 24.8. The van der Waals surface area contributed by atoms with Gasteiger partial charge in [-0.15, -0.1) is 0 Å². The Hall–Kier alpha value is 0. The molecule has 32 heavy (non-hydrogen) atoms. The lowest BCUT2D eigenvalue weighted by Gasteiger charge is -2.40. The van der Waals surface area contributed by atoms with Gasteiger partial charge >= 0.3 is 0 Å². The fourth-order valence-corrected chi connectivity index (χ4v) is 6.60. The van der Waals surface area contributed by atoms with Crippen molar-refractivity contribution in [3.05, 3.63) is 0 Å². The minimum absolute atomic E-state index is 0.920. The maximum Gasteiger partial charge on any atom is -0.0334 e. The molecule has 0 atom stereocenters. The summed E-state index contributed by atoms with van der Waals surface area (Å²) >= 11 is 0. The normalized spacial score (nSPS) is 20.2. The fourth-order valence-electron chi connectivity index (χ4n) is 6.60. The summed E-state index contributed by atoms with van der Waals surface area (Å²) in [4.78, 5) is 0. The van der Waals surface area contributed by atoms with Crippen LogP contribution in [0.4, 0.5) is 0 Å². The van der Waals surface area contributed by atoms with Crippen LogP contribution in [0.3, 0.4) is 0 Å². The molecular formula is C32H68. The summed E-state index contributed by atoms with van der Waals surface area (Å²) in [7, 11) is 0. The van der Waals surface area contributed by atoms with Gasteiger partial charge in [0.05, 0.1) is 0 Å². The Morgan fingerprint density at radius 3 is 1.06 bits per heavy atom. The molecule has 3 rings (SSSR count). The Morgan fingerprint density at radius 1 is 0.469 bits per heavy atom. The van der Waals surface area contributed by atoms with Crippen LogP contribution in [-0.2, 0) is 0 Å². The van der Waals surface area contributed by atoms with E-state index in [1.807, 2.05) is 41.5 Å². The molecule has 0 aromatic heterocycles. The lowest BCUT2D eigenvalue weighted by atomic mass is 9.65. The molecule has 0 spiro atoms. The van der Waals surface area contributed by atoms with Crippen molar-refractivity contribution in [1.82, 2.24) is 0 Å². The Bertz CT molecular complexity index is 306. The Morgan fingerprint density at radius 2 is 0.781 bits per heavy atom. The monoisotopic (exact) mass is 453 g/mol. The molecule has 0 heteroatoms. The summed E-state index contributed by atoms with van der Waals surface area (Å²) in [5, 5.41) is 0. The Kier molecular flexibility index (Phi) is 25.8. The fraction of sp³-hybridized carbons (Fsp3) is 1.00. The second-order valence-corrected chi connectivity index (χ2v) is 10.8. The molecule has 0 heterocycles. The standard InChI is InChI=1S/C16H30.C10H20.3C2H6/c1-13(2)16(14-9-5-3-6-10-14)15-11-7-4-8-12-15;1-9(2)8-10-6-4-3-5-7-10;3*1-2/h13-16H,3-12H2,1-2H3;9-10H,3-8H2,1-2H3;3*1-2H3. The molecule has 0 unspecified atom stereocenters. The van der Waals surface area contributed by atoms with Crippen LogP contribution in [0.15, 0.2) is 0 Å². The molecule has 0 saturated heterocycles. The summed E-state index contributed by atoms with van der Waals surface area (Å²) in [6, 6.07) is 0. The summed E-state index contributed by atoms with van der Waals surface area (Å²) in [6.45, 7) is 21.6. The zero-order valence-corrected chi connectivity index (χ0v) is 24.8. The van der Waals surface area contributed by atoms with E-state index < -0.39 is 0 Å². The molecule has 0 radical (unpaired) electrons. The first-order valence-corrected chi connectivity index (χ1v) is 15.6. The number of rotatable bonds is 5. The van der Waals surface area contributed by atoms with Gasteiger partial charge in [-0.2, -0.15) is 0 Å². The van der Waals surface area contributed by atoms with Crippen LogP contribution in [0.25, 0.3) is 0 Å². The van der Waals surface area contributed by atoms with Crippen molar-refractivity contribution in [2.24, 2.45) is 35.5 Å². The van der Waals surface area contributed by atoms with Crippen molar-refractivity contribution in [2.45, 2.75) is 172 Å². The van der Waals surface area contributed by atoms with Gasteiger partial charge in [-0.1, -0.05) is 166 Å². The summed E-state index contributed by atoms with van der Waals surface area (Å²) in [6.07, 6.45) is 24.2. The highest BCUT2D eigenvalue weighted by molar-refractivity contribution is 4.83. The van der Waals surface area contributed by atoms with Crippen LogP contribution >= 0.6 is 0 Å². The molecule has 0 amide bonds. The molecule has 0 N–H and O–H groups in total. The van der Waals surface area contributed by atoms with Crippen LogP contribution in [0.5, 0.6) is 0 Å². The van der Waals surface area contributed by atoms with Crippen molar-refractivity contribution in [1.29, 1.82) is 0 Å². The highest BCUT2D eigenvalue weighted by Crippen LogP contribution is 2.43. The average Bonchev–Trinajstić information content (AvgIpc) is 2.85. The predicted molar refractivity (Wildman–Crippen MR) is 152 cm³/mol. The largest absolute Gasteiger partial charge is 0.0683 e.